The van der Waals surface area contributed by atoms with E-state index in [1.54, 1.807) is 11.3 Å². The molecule has 0 fully saturated rings. The van der Waals surface area contributed by atoms with Crippen molar-refractivity contribution in [3.05, 3.63) is 57.3 Å². The highest BCUT2D eigenvalue weighted by Gasteiger charge is 2.22. The number of thiophene rings is 2. The first-order chi connectivity index (χ1) is 13.9. The molecule has 0 saturated carbocycles. The molecule has 0 aliphatic carbocycles. The summed E-state index contributed by atoms with van der Waals surface area (Å²) in [6.45, 7) is 4.12. The van der Waals surface area contributed by atoms with E-state index < -0.39 is 11.9 Å². The van der Waals surface area contributed by atoms with E-state index in [1.165, 1.54) is 47.6 Å². The van der Waals surface area contributed by atoms with Crippen LogP contribution in [0.25, 0.3) is 20.9 Å². The molecule has 2 N–H and O–H groups in total. The van der Waals surface area contributed by atoms with E-state index >= 15 is 0 Å². The van der Waals surface area contributed by atoms with Crippen LogP contribution < -0.4 is 0 Å². The lowest BCUT2D eigenvalue weighted by atomic mass is 9.96. The first-order valence-electron chi connectivity index (χ1n) is 9.71. The standard InChI is InChI=1S/C23H24O4S2/c1-3-4-5-6-7-15-9-11-21(29-15)17-13-18(22(24)25)16(12-19(17)23(26)27)20-10-8-14(2)28-20/h8-13H,3-7H2,1-2H3,(H,24,25)(H,26,27). The Bertz CT molecular complexity index is 1030. The molecule has 0 amide bonds. The van der Waals surface area contributed by atoms with Crippen molar-refractivity contribution >= 4 is 34.6 Å². The smallest absolute Gasteiger partial charge is 0.336 e. The van der Waals surface area contributed by atoms with Crippen molar-refractivity contribution in [1.29, 1.82) is 0 Å². The highest BCUT2D eigenvalue weighted by Crippen LogP contribution is 2.38. The second-order valence-electron chi connectivity index (χ2n) is 7.04. The van der Waals surface area contributed by atoms with Crippen molar-refractivity contribution in [3.8, 4) is 20.9 Å². The maximum Gasteiger partial charge on any atom is 0.336 e. The molecule has 0 aliphatic heterocycles. The Kier molecular flexibility index (Phi) is 6.87. The predicted octanol–water partition coefficient (Wildman–Crippen LogP) is 6.97. The van der Waals surface area contributed by atoms with E-state index in [2.05, 4.69) is 6.92 Å². The quantitative estimate of drug-likeness (QED) is 0.361. The van der Waals surface area contributed by atoms with Gasteiger partial charge in [0.25, 0.3) is 0 Å². The summed E-state index contributed by atoms with van der Waals surface area (Å²) < 4.78 is 0. The molecule has 29 heavy (non-hydrogen) atoms. The van der Waals surface area contributed by atoms with Crippen LogP contribution in [0.3, 0.4) is 0 Å². The lowest BCUT2D eigenvalue weighted by Gasteiger charge is -2.11. The number of carboxylic acid groups (broad SMARTS) is 2. The normalized spacial score (nSPS) is 11.0. The van der Waals surface area contributed by atoms with Crippen molar-refractivity contribution in [2.75, 3.05) is 0 Å². The second-order valence-corrected chi connectivity index (χ2v) is 9.50. The maximum atomic E-state index is 12.0. The summed E-state index contributed by atoms with van der Waals surface area (Å²) in [4.78, 5) is 27.7. The zero-order chi connectivity index (χ0) is 21.0. The number of hydrogen-bond acceptors (Lipinski definition) is 4. The molecule has 0 unspecified atom stereocenters. The number of aryl methyl sites for hydroxylation is 2. The second kappa shape index (κ2) is 9.37. The van der Waals surface area contributed by atoms with E-state index in [1.807, 2.05) is 31.2 Å². The summed E-state index contributed by atoms with van der Waals surface area (Å²) in [7, 11) is 0. The molecule has 2 aromatic heterocycles. The average molecular weight is 429 g/mol. The Morgan fingerprint density at radius 2 is 1.41 bits per heavy atom. The third kappa shape index (κ3) is 4.95. The molecule has 3 rings (SSSR count). The maximum absolute atomic E-state index is 12.0. The van der Waals surface area contributed by atoms with Crippen LogP contribution >= 0.6 is 22.7 Å². The molecule has 3 aromatic rings. The van der Waals surface area contributed by atoms with Gasteiger partial charge in [-0.2, -0.15) is 0 Å². The number of hydrogen-bond donors (Lipinski definition) is 2. The number of aromatic carboxylic acids is 2. The summed E-state index contributed by atoms with van der Waals surface area (Å²) in [6, 6.07) is 10.7. The summed E-state index contributed by atoms with van der Waals surface area (Å²) >= 11 is 3.01. The van der Waals surface area contributed by atoms with Gasteiger partial charge in [0.1, 0.15) is 0 Å². The van der Waals surface area contributed by atoms with Crippen LogP contribution in [0, 0.1) is 6.92 Å². The number of benzene rings is 1. The van der Waals surface area contributed by atoms with E-state index in [0.717, 1.165) is 27.5 Å². The Hall–Kier alpha value is -2.44. The van der Waals surface area contributed by atoms with Gasteiger partial charge in [0.15, 0.2) is 0 Å². The number of unbranched alkanes of at least 4 members (excludes halogenated alkanes) is 3. The molecule has 0 bridgehead atoms. The highest BCUT2D eigenvalue weighted by molar-refractivity contribution is 7.15. The topological polar surface area (TPSA) is 74.6 Å². The van der Waals surface area contributed by atoms with Crippen molar-refractivity contribution in [3.63, 3.8) is 0 Å². The van der Waals surface area contributed by atoms with E-state index in [0.29, 0.717) is 11.1 Å². The average Bonchev–Trinajstić information content (AvgIpc) is 3.33. The van der Waals surface area contributed by atoms with Gasteiger partial charge in [-0.3, -0.25) is 0 Å². The molecule has 2 heterocycles. The molecular weight excluding hydrogens is 404 g/mol. The lowest BCUT2D eigenvalue weighted by Crippen LogP contribution is -2.05. The first-order valence-corrected chi connectivity index (χ1v) is 11.3. The van der Waals surface area contributed by atoms with Crippen molar-refractivity contribution in [1.82, 2.24) is 0 Å². The van der Waals surface area contributed by atoms with Gasteiger partial charge < -0.3 is 10.2 Å². The predicted molar refractivity (Wildman–Crippen MR) is 120 cm³/mol. The number of carboxylic acids is 2. The van der Waals surface area contributed by atoms with Gasteiger partial charge in [-0.05, 0) is 56.2 Å². The molecule has 4 nitrogen and oxygen atoms in total. The van der Waals surface area contributed by atoms with Crippen LogP contribution in [0.5, 0.6) is 0 Å². The van der Waals surface area contributed by atoms with Gasteiger partial charge in [0, 0.05) is 30.6 Å². The monoisotopic (exact) mass is 428 g/mol. The van der Waals surface area contributed by atoms with Crippen molar-refractivity contribution < 1.29 is 19.8 Å². The van der Waals surface area contributed by atoms with Gasteiger partial charge in [-0.25, -0.2) is 9.59 Å². The third-order valence-electron chi connectivity index (χ3n) is 4.83. The fourth-order valence-electron chi connectivity index (χ4n) is 3.32. The zero-order valence-corrected chi connectivity index (χ0v) is 18.2. The Labute approximate surface area is 178 Å². The zero-order valence-electron chi connectivity index (χ0n) is 16.5. The van der Waals surface area contributed by atoms with Crippen molar-refractivity contribution in [2.24, 2.45) is 0 Å². The summed E-state index contributed by atoms with van der Waals surface area (Å²) in [6.07, 6.45) is 5.66. The fraction of sp³-hybridized carbons (Fsp3) is 0.304. The number of rotatable bonds is 9. The number of carbonyl (C=O) groups is 2. The molecule has 0 saturated heterocycles. The third-order valence-corrected chi connectivity index (χ3v) is 7.04. The SMILES string of the molecule is CCCCCCc1ccc(-c2cc(C(=O)O)c(-c3ccc(C)s3)cc2C(=O)O)s1. The molecule has 6 heteroatoms. The van der Waals surface area contributed by atoms with Crippen LogP contribution in [0.15, 0.2) is 36.4 Å². The van der Waals surface area contributed by atoms with Crippen LogP contribution in [0.1, 0.15) is 63.1 Å². The summed E-state index contributed by atoms with van der Waals surface area (Å²) in [5.41, 5.74) is 1.19. The lowest BCUT2D eigenvalue weighted by molar-refractivity contribution is 0.0682. The summed E-state index contributed by atoms with van der Waals surface area (Å²) in [5.74, 6) is -2.11. The van der Waals surface area contributed by atoms with Crippen LogP contribution in [-0.4, -0.2) is 22.2 Å². The molecule has 0 atom stereocenters. The van der Waals surface area contributed by atoms with Gasteiger partial charge in [0.05, 0.1) is 11.1 Å². The molecule has 0 aliphatic rings. The summed E-state index contributed by atoms with van der Waals surface area (Å²) in [5, 5.41) is 19.6. The van der Waals surface area contributed by atoms with Gasteiger partial charge in [0.2, 0.25) is 0 Å². The molecular formula is C23H24O4S2. The Morgan fingerprint density at radius 3 is 1.93 bits per heavy atom. The van der Waals surface area contributed by atoms with Gasteiger partial charge in [-0.15, -0.1) is 22.7 Å². The fourth-order valence-corrected chi connectivity index (χ4v) is 5.30. The van der Waals surface area contributed by atoms with E-state index in [-0.39, 0.29) is 11.1 Å². The Morgan fingerprint density at radius 1 is 0.828 bits per heavy atom. The van der Waals surface area contributed by atoms with Gasteiger partial charge >= 0.3 is 11.9 Å². The minimum Gasteiger partial charge on any atom is -0.478 e. The van der Waals surface area contributed by atoms with E-state index in [9.17, 15) is 19.8 Å². The van der Waals surface area contributed by atoms with Crippen molar-refractivity contribution in [2.45, 2.75) is 46.0 Å². The largest absolute Gasteiger partial charge is 0.478 e. The highest BCUT2D eigenvalue weighted by atomic mass is 32.1. The molecule has 0 radical (unpaired) electrons. The molecule has 0 spiro atoms. The molecule has 1 aromatic carbocycles. The van der Waals surface area contributed by atoms with Gasteiger partial charge in [-0.1, -0.05) is 26.2 Å². The molecule has 152 valence electrons. The van der Waals surface area contributed by atoms with Crippen LogP contribution in [0.4, 0.5) is 0 Å². The van der Waals surface area contributed by atoms with Crippen LogP contribution in [-0.2, 0) is 6.42 Å². The Balaban J connectivity index is 2.03. The minimum absolute atomic E-state index is 0.129. The first kappa shape index (κ1) is 21.3. The van der Waals surface area contributed by atoms with E-state index in [4.69, 9.17) is 0 Å². The minimum atomic E-state index is -1.06. The van der Waals surface area contributed by atoms with Crippen LogP contribution in [0.2, 0.25) is 0 Å².